The predicted octanol–water partition coefficient (Wildman–Crippen LogP) is 1.68. The number of hydrogen-bond donors (Lipinski definition) is 2. The molecule has 1 aromatic rings. The lowest BCUT2D eigenvalue weighted by atomic mass is 10.1. The second-order valence-corrected chi connectivity index (χ2v) is 3.33. The maximum absolute atomic E-state index is 12.4. The van der Waals surface area contributed by atoms with Crippen LogP contribution in [-0.2, 0) is 17.1 Å². The van der Waals surface area contributed by atoms with Gasteiger partial charge < -0.3 is 10.1 Å². The number of nitrogens with one attached hydrogen (secondary N) is 1. The van der Waals surface area contributed by atoms with E-state index < -0.39 is 29.9 Å². The maximum atomic E-state index is 12.4. The Morgan fingerprint density at radius 1 is 1.56 bits per heavy atom. The Morgan fingerprint density at radius 3 is 2.62 bits per heavy atom. The standard InChI is InChI=1S/C9H8ClF2NO3/c10-3-4-1-5(8(11)12)9(16)13-6(4)2-7(14)15/h1,8H,2-3H2,(H,13,16)(H,14,15). The van der Waals surface area contributed by atoms with E-state index in [4.69, 9.17) is 16.7 Å². The number of rotatable bonds is 4. The first kappa shape index (κ1) is 12.6. The topological polar surface area (TPSA) is 70.2 Å². The van der Waals surface area contributed by atoms with Crippen molar-refractivity contribution < 1.29 is 18.7 Å². The monoisotopic (exact) mass is 251 g/mol. The van der Waals surface area contributed by atoms with Gasteiger partial charge in [0.1, 0.15) is 0 Å². The smallest absolute Gasteiger partial charge is 0.309 e. The molecule has 88 valence electrons. The normalized spacial score (nSPS) is 10.8. The quantitative estimate of drug-likeness (QED) is 0.800. The van der Waals surface area contributed by atoms with Crippen LogP contribution in [0.3, 0.4) is 0 Å². The lowest BCUT2D eigenvalue weighted by Gasteiger charge is -2.07. The molecule has 7 heteroatoms. The number of carboxylic acids is 1. The summed E-state index contributed by atoms with van der Waals surface area (Å²) in [5.41, 5.74) is -1.44. The third kappa shape index (κ3) is 2.79. The maximum Gasteiger partial charge on any atom is 0.309 e. The molecule has 0 fully saturated rings. The number of carbonyl (C=O) groups is 1. The van der Waals surface area contributed by atoms with Crippen molar-refractivity contribution in [1.82, 2.24) is 4.98 Å². The van der Waals surface area contributed by atoms with E-state index in [0.717, 1.165) is 6.07 Å². The number of aromatic nitrogens is 1. The van der Waals surface area contributed by atoms with Crippen LogP contribution >= 0.6 is 11.6 Å². The molecule has 0 aliphatic rings. The summed E-state index contributed by atoms with van der Waals surface area (Å²) >= 11 is 5.48. The van der Waals surface area contributed by atoms with Crippen molar-refractivity contribution in [1.29, 1.82) is 0 Å². The van der Waals surface area contributed by atoms with Crippen molar-refractivity contribution in [3.63, 3.8) is 0 Å². The predicted molar refractivity (Wildman–Crippen MR) is 52.9 cm³/mol. The molecule has 2 N–H and O–H groups in total. The second kappa shape index (κ2) is 5.07. The summed E-state index contributed by atoms with van der Waals surface area (Å²) in [6.45, 7) is 0. The fraction of sp³-hybridized carbons (Fsp3) is 0.333. The van der Waals surface area contributed by atoms with Gasteiger partial charge in [-0.05, 0) is 11.6 Å². The van der Waals surface area contributed by atoms with Crippen LogP contribution < -0.4 is 5.56 Å². The molecule has 0 saturated heterocycles. The van der Waals surface area contributed by atoms with E-state index in [0.29, 0.717) is 0 Å². The average molecular weight is 252 g/mol. The van der Waals surface area contributed by atoms with Crippen molar-refractivity contribution in [3.05, 3.63) is 33.2 Å². The van der Waals surface area contributed by atoms with E-state index in [-0.39, 0.29) is 17.1 Å². The Morgan fingerprint density at radius 2 is 2.19 bits per heavy atom. The number of carboxylic acid groups (broad SMARTS) is 1. The van der Waals surface area contributed by atoms with Gasteiger partial charge in [-0.3, -0.25) is 9.59 Å². The number of H-pyrrole nitrogens is 1. The highest BCUT2D eigenvalue weighted by Gasteiger charge is 2.16. The molecular weight excluding hydrogens is 244 g/mol. The number of pyridine rings is 1. The van der Waals surface area contributed by atoms with Gasteiger partial charge in [-0.1, -0.05) is 0 Å². The Kier molecular flexibility index (Phi) is 4.00. The van der Waals surface area contributed by atoms with E-state index in [2.05, 4.69) is 4.98 Å². The van der Waals surface area contributed by atoms with Gasteiger partial charge in [0, 0.05) is 11.6 Å². The van der Waals surface area contributed by atoms with Gasteiger partial charge in [-0.15, -0.1) is 11.6 Å². The molecule has 0 aliphatic heterocycles. The molecule has 0 unspecified atom stereocenters. The molecule has 1 heterocycles. The van der Waals surface area contributed by atoms with E-state index in [9.17, 15) is 18.4 Å². The minimum absolute atomic E-state index is 0.0527. The van der Waals surface area contributed by atoms with Gasteiger partial charge in [0.25, 0.3) is 12.0 Å². The zero-order chi connectivity index (χ0) is 12.3. The number of hydrogen-bond acceptors (Lipinski definition) is 2. The Balaban J connectivity index is 3.26. The summed E-state index contributed by atoms with van der Waals surface area (Å²) in [6.07, 6.45) is -3.37. The molecule has 0 aliphatic carbocycles. The first-order chi connectivity index (χ1) is 7.45. The van der Waals surface area contributed by atoms with Crippen molar-refractivity contribution in [2.45, 2.75) is 18.7 Å². The first-order valence-electron chi connectivity index (χ1n) is 4.26. The first-order valence-corrected chi connectivity index (χ1v) is 4.80. The van der Waals surface area contributed by atoms with Crippen molar-refractivity contribution in [3.8, 4) is 0 Å². The number of alkyl halides is 3. The summed E-state index contributed by atoms with van der Waals surface area (Å²) in [4.78, 5) is 23.7. The highest BCUT2D eigenvalue weighted by molar-refractivity contribution is 6.17. The zero-order valence-electron chi connectivity index (χ0n) is 7.97. The van der Waals surface area contributed by atoms with Crippen LogP contribution in [0, 0.1) is 0 Å². The number of aliphatic carboxylic acids is 1. The lowest BCUT2D eigenvalue weighted by Crippen LogP contribution is -2.18. The molecule has 0 spiro atoms. The Hall–Kier alpha value is -1.43. The molecule has 1 aromatic heterocycles. The fourth-order valence-electron chi connectivity index (χ4n) is 1.22. The summed E-state index contributed by atoms with van der Waals surface area (Å²) in [7, 11) is 0. The van der Waals surface area contributed by atoms with Gasteiger partial charge in [0.2, 0.25) is 0 Å². The number of aromatic amines is 1. The van der Waals surface area contributed by atoms with E-state index in [1.165, 1.54) is 0 Å². The molecule has 0 atom stereocenters. The van der Waals surface area contributed by atoms with Crippen LogP contribution in [0.2, 0.25) is 0 Å². The molecular formula is C9H8ClF2NO3. The van der Waals surface area contributed by atoms with Crippen molar-refractivity contribution in [2.75, 3.05) is 0 Å². The minimum atomic E-state index is -2.91. The summed E-state index contributed by atoms with van der Waals surface area (Å²) in [6, 6.07) is 0.939. The van der Waals surface area contributed by atoms with Gasteiger partial charge in [-0.25, -0.2) is 8.78 Å². The van der Waals surface area contributed by atoms with Crippen LogP contribution in [0.15, 0.2) is 10.9 Å². The SMILES string of the molecule is O=C(O)Cc1[nH]c(=O)c(C(F)F)cc1CCl. The number of halogens is 3. The van der Waals surface area contributed by atoms with Crippen molar-refractivity contribution >= 4 is 17.6 Å². The van der Waals surface area contributed by atoms with E-state index in [1.807, 2.05) is 0 Å². The van der Waals surface area contributed by atoms with E-state index in [1.54, 1.807) is 0 Å². The largest absolute Gasteiger partial charge is 0.481 e. The molecule has 1 rings (SSSR count). The molecule has 0 saturated carbocycles. The molecule has 0 aromatic carbocycles. The van der Waals surface area contributed by atoms with Gasteiger partial charge in [0.05, 0.1) is 12.0 Å². The van der Waals surface area contributed by atoms with E-state index >= 15 is 0 Å². The summed E-state index contributed by atoms with van der Waals surface area (Å²) in [5.74, 6) is -1.31. The summed E-state index contributed by atoms with van der Waals surface area (Å²) in [5, 5.41) is 8.54. The minimum Gasteiger partial charge on any atom is -0.481 e. The molecule has 16 heavy (non-hydrogen) atoms. The average Bonchev–Trinajstić information content (AvgIpc) is 2.16. The highest BCUT2D eigenvalue weighted by Crippen LogP contribution is 2.18. The molecule has 0 radical (unpaired) electrons. The third-order valence-corrected chi connectivity index (χ3v) is 2.24. The van der Waals surface area contributed by atoms with Gasteiger partial charge in [-0.2, -0.15) is 0 Å². The van der Waals surface area contributed by atoms with Gasteiger partial charge >= 0.3 is 5.97 Å². The molecule has 0 bridgehead atoms. The Bertz CT molecular complexity index is 459. The zero-order valence-corrected chi connectivity index (χ0v) is 8.72. The van der Waals surface area contributed by atoms with Crippen LogP contribution in [0.5, 0.6) is 0 Å². The van der Waals surface area contributed by atoms with Crippen LogP contribution in [0.4, 0.5) is 8.78 Å². The highest BCUT2D eigenvalue weighted by atomic mass is 35.5. The summed E-state index contributed by atoms with van der Waals surface area (Å²) < 4.78 is 24.7. The van der Waals surface area contributed by atoms with Crippen molar-refractivity contribution in [2.24, 2.45) is 0 Å². The van der Waals surface area contributed by atoms with Crippen LogP contribution in [-0.4, -0.2) is 16.1 Å². The second-order valence-electron chi connectivity index (χ2n) is 3.06. The van der Waals surface area contributed by atoms with Crippen LogP contribution in [0.1, 0.15) is 23.2 Å². The fourth-order valence-corrected chi connectivity index (χ4v) is 1.46. The third-order valence-electron chi connectivity index (χ3n) is 1.95. The van der Waals surface area contributed by atoms with Crippen LogP contribution in [0.25, 0.3) is 0 Å². The van der Waals surface area contributed by atoms with Gasteiger partial charge in [0.15, 0.2) is 0 Å². The molecule has 4 nitrogen and oxygen atoms in total. The lowest BCUT2D eigenvalue weighted by molar-refractivity contribution is -0.136. The Labute approximate surface area is 93.9 Å². The molecule has 0 amide bonds.